The topological polar surface area (TPSA) is 76.4 Å². The van der Waals surface area contributed by atoms with Gasteiger partial charge < -0.3 is 15.2 Å². The predicted octanol–water partition coefficient (Wildman–Crippen LogP) is 3.83. The molecule has 0 spiro atoms. The van der Waals surface area contributed by atoms with Crippen molar-refractivity contribution in [2.24, 2.45) is 5.92 Å². The molecule has 1 aromatic heterocycles. The van der Waals surface area contributed by atoms with Gasteiger partial charge in [-0.1, -0.05) is 31.0 Å². The van der Waals surface area contributed by atoms with E-state index in [0.29, 0.717) is 17.8 Å². The van der Waals surface area contributed by atoms with Crippen molar-refractivity contribution in [3.05, 3.63) is 66.4 Å². The van der Waals surface area contributed by atoms with E-state index in [1.807, 2.05) is 54.6 Å². The highest BCUT2D eigenvalue weighted by Crippen LogP contribution is 2.27. The molecule has 6 heteroatoms. The van der Waals surface area contributed by atoms with Gasteiger partial charge >= 0.3 is 0 Å². The SMILES string of the molecule is COc1ccc(-c2nn(-c3ccccc3)cc2C(=O)NCC2CCCCC2O)cc1. The maximum Gasteiger partial charge on any atom is 0.255 e. The van der Waals surface area contributed by atoms with Crippen molar-refractivity contribution in [2.45, 2.75) is 31.8 Å². The summed E-state index contributed by atoms with van der Waals surface area (Å²) in [6, 6.07) is 17.2. The highest BCUT2D eigenvalue weighted by molar-refractivity contribution is 6.00. The molecule has 0 saturated heterocycles. The van der Waals surface area contributed by atoms with E-state index in [4.69, 9.17) is 9.84 Å². The zero-order valence-electron chi connectivity index (χ0n) is 17.1. The molecule has 1 fully saturated rings. The molecule has 1 aliphatic carbocycles. The molecular weight excluding hydrogens is 378 g/mol. The molecular formula is C24H27N3O3. The molecule has 3 aromatic rings. The number of hydrogen-bond donors (Lipinski definition) is 2. The predicted molar refractivity (Wildman–Crippen MR) is 116 cm³/mol. The fraction of sp³-hybridized carbons (Fsp3) is 0.333. The fourth-order valence-electron chi connectivity index (χ4n) is 3.96. The quantitative estimate of drug-likeness (QED) is 0.654. The average molecular weight is 405 g/mol. The lowest BCUT2D eigenvalue weighted by Gasteiger charge is -2.27. The van der Waals surface area contributed by atoms with Crippen molar-refractivity contribution in [3.63, 3.8) is 0 Å². The van der Waals surface area contributed by atoms with Gasteiger partial charge in [0.2, 0.25) is 0 Å². The molecule has 156 valence electrons. The van der Waals surface area contributed by atoms with Crippen LogP contribution in [0.25, 0.3) is 16.9 Å². The minimum Gasteiger partial charge on any atom is -0.497 e. The molecule has 1 amide bonds. The number of benzene rings is 2. The van der Waals surface area contributed by atoms with Crippen molar-refractivity contribution in [3.8, 4) is 22.7 Å². The first-order valence-electron chi connectivity index (χ1n) is 10.4. The summed E-state index contributed by atoms with van der Waals surface area (Å²) in [6.07, 6.45) is 5.32. The second kappa shape index (κ2) is 9.13. The second-order valence-electron chi connectivity index (χ2n) is 7.72. The van der Waals surface area contributed by atoms with Crippen molar-refractivity contribution >= 4 is 5.91 Å². The van der Waals surface area contributed by atoms with Crippen LogP contribution < -0.4 is 10.1 Å². The Labute approximate surface area is 176 Å². The standard InChI is InChI=1S/C24H27N3O3/c1-30-20-13-11-17(12-14-20)23-21(16-27(26-23)19-8-3-2-4-9-19)24(29)25-15-18-7-5-6-10-22(18)28/h2-4,8-9,11-14,16,18,22,28H,5-7,10,15H2,1H3,(H,25,29). The smallest absolute Gasteiger partial charge is 0.255 e. The van der Waals surface area contributed by atoms with E-state index in [9.17, 15) is 9.90 Å². The van der Waals surface area contributed by atoms with Crippen molar-refractivity contribution in [2.75, 3.05) is 13.7 Å². The van der Waals surface area contributed by atoms with E-state index in [2.05, 4.69) is 5.32 Å². The van der Waals surface area contributed by atoms with Gasteiger partial charge in [-0.15, -0.1) is 0 Å². The summed E-state index contributed by atoms with van der Waals surface area (Å²) in [5.41, 5.74) is 2.85. The van der Waals surface area contributed by atoms with E-state index < -0.39 is 0 Å². The van der Waals surface area contributed by atoms with Crippen LogP contribution in [0.3, 0.4) is 0 Å². The van der Waals surface area contributed by atoms with Gasteiger partial charge in [-0.05, 0) is 49.2 Å². The number of nitrogens with zero attached hydrogens (tertiary/aromatic N) is 2. The van der Waals surface area contributed by atoms with Gasteiger partial charge in [0.1, 0.15) is 11.4 Å². The van der Waals surface area contributed by atoms with Crippen LogP contribution in [0.4, 0.5) is 0 Å². The minimum atomic E-state index is -0.341. The molecule has 0 bridgehead atoms. The van der Waals surface area contributed by atoms with E-state index in [1.165, 1.54) is 0 Å². The molecule has 1 saturated carbocycles. The Morgan fingerprint density at radius 3 is 2.57 bits per heavy atom. The molecule has 2 N–H and O–H groups in total. The van der Waals surface area contributed by atoms with Gasteiger partial charge in [-0.3, -0.25) is 4.79 Å². The van der Waals surface area contributed by atoms with Crippen LogP contribution in [-0.2, 0) is 0 Å². The Bertz CT molecular complexity index is 983. The van der Waals surface area contributed by atoms with E-state index in [0.717, 1.165) is 42.7 Å². The third-order valence-electron chi connectivity index (χ3n) is 5.74. The third kappa shape index (κ3) is 4.39. The first kappa shape index (κ1) is 20.2. The Morgan fingerprint density at radius 1 is 1.13 bits per heavy atom. The number of ether oxygens (including phenoxy) is 1. The first-order chi connectivity index (χ1) is 14.7. The van der Waals surface area contributed by atoms with Crippen molar-refractivity contribution < 1.29 is 14.6 Å². The lowest BCUT2D eigenvalue weighted by Crippen LogP contribution is -2.36. The van der Waals surface area contributed by atoms with Gasteiger partial charge in [-0.2, -0.15) is 5.10 Å². The highest BCUT2D eigenvalue weighted by atomic mass is 16.5. The summed E-state index contributed by atoms with van der Waals surface area (Å²) in [5, 5.41) is 17.9. The number of amides is 1. The number of methoxy groups -OCH3 is 1. The first-order valence-corrected chi connectivity index (χ1v) is 10.4. The number of aromatic nitrogens is 2. The summed E-state index contributed by atoms with van der Waals surface area (Å²) in [5.74, 6) is 0.676. The second-order valence-corrected chi connectivity index (χ2v) is 7.72. The summed E-state index contributed by atoms with van der Waals surface area (Å²) in [7, 11) is 1.62. The van der Waals surface area contributed by atoms with Crippen molar-refractivity contribution in [1.82, 2.24) is 15.1 Å². The lowest BCUT2D eigenvalue weighted by atomic mass is 9.86. The van der Waals surface area contributed by atoms with Gasteiger partial charge in [0.15, 0.2) is 0 Å². The normalized spacial score (nSPS) is 18.7. The van der Waals surface area contributed by atoms with Crippen LogP contribution in [0.15, 0.2) is 60.8 Å². The maximum atomic E-state index is 13.1. The van der Waals surface area contributed by atoms with Gasteiger partial charge in [0.05, 0.1) is 24.5 Å². The Kier molecular flexibility index (Phi) is 6.14. The van der Waals surface area contributed by atoms with Gasteiger partial charge in [-0.25, -0.2) is 4.68 Å². The molecule has 2 atom stereocenters. The Morgan fingerprint density at radius 2 is 1.87 bits per heavy atom. The van der Waals surface area contributed by atoms with Gasteiger partial charge in [0, 0.05) is 24.2 Å². The van der Waals surface area contributed by atoms with Crippen molar-refractivity contribution in [1.29, 1.82) is 0 Å². The van der Waals surface area contributed by atoms with E-state index in [-0.39, 0.29) is 17.9 Å². The van der Waals surface area contributed by atoms with Crippen LogP contribution in [0.1, 0.15) is 36.0 Å². The van der Waals surface area contributed by atoms with E-state index in [1.54, 1.807) is 18.0 Å². The highest BCUT2D eigenvalue weighted by Gasteiger charge is 2.25. The summed E-state index contributed by atoms with van der Waals surface area (Å²) < 4.78 is 6.97. The zero-order chi connectivity index (χ0) is 20.9. The number of aliphatic hydroxyl groups excluding tert-OH is 1. The van der Waals surface area contributed by atoms with Crippen LogP contribution in [0.2, 0.25) is 0 Å². The zero-order valence-corrected chi connectivity index (χ0v) is 17.1. The van der Waals surface area contributed by atoms with Crippen LogP contribution in [0, 0.1) is 5.92 Å². The molecule has 4 rings (SSSR count). The fourth-order valence-corrected chi connectivity index (χ4v) is 3.96. The monoisotopic (exact) mass is 405 g/mol. The molecule has 0 aliphatic heterocycles. The van der Waals surface area contributed by atoms with Crippen LogP contribution >= 0.6 is 0 Å². The Hall–Kier alpha value is -3.12. The summed E-state index contributed by atoms with van der Waals surface area (Å²) in [4.78, 5) is 13.1. The molecule has 1 aliphatic rings. The summed E-state index contributed by atoms with van der Waals surface area (Å²) in [6.45, 7) is 0.471. The molecule has 30 heavy (non-hydrogen) atoms. The lowest BCUT2D eigenvalue weighted by molar-refractivity contribution is 0.0663. The van der Waals surface area contributed by atoms with Crippen LogP contribution in [0.5, 0.6) is 5.75 Å². The molecule has 1 heterocycles. The average Bonchev–Trinajstić information content (AvgIpc) is 3.25. The van der Waals surface area contributed by atoms with Gasteiger partial charge in [0.25, 0.3) is 5.91 Å². The maximum absolute atomic E-state index is 13.1. The summed E-state index contributed by atoms with van der Waals surface area (Å²) >= 11 is 0. The molecule has 2 unspecified atom stereocenters. The third-order valence-corrected chi connectivity index (χ3v) is 5.74. The largest absolute Gasteiger partial charge is 0.497 e. The number of nitrogens with one attached hydrogen (secondary N) is 1. The number of hydrogen-bond acceptors (Lipinski definition) is 4. The number of carbonyl (C=O) groups excluding carboxylic acids is 1. The van der Waals surface area contributed by atoms with Crippen LogP contribution in [-0.4, -0.2) is 40.6 Å². The minimum absolute atomic E-state index is 0.108. The molecule has 2 aromatic carbocycles. The molecule has 6 nitrogen and oxygen atoms in total. The number of para-hydroxylation sites is 1. The Balaban J connectivity index is 1.62. The number of rotatable bonds is 6. The van der Waals surface area contributed by atoms with E-state index >= 15 is 0 Å². The number of carbonyl (C=O) groups is 1. The molecule has 0 radical (unpaired) electrons. The number of aliphatic hydroxyl groups is 1.